The van der Waals surface area contributed by atoms with E-state index in [1.807, 2.05) is 30.0 Å². The van der Waals surface area contributed by atoms with E-state index >= 15 is 0 Å². The predicted molar refractivity (Wildman–Crippen MR) is 65.4 cm³/mol. The van der Waals surface area contributed by atoms with E-state index in [9.17, 15) is 0 Å². The molecule has 7 nitrogen and oxygen atoms in total. The quantitative estimate of drug-likeness (QED) is 0.813. The van der Waals surface area contributed by atoms with E-state index in [0.29, 0.717) is 11.7 Å². The lowest BCUT2D eigenvalue weighted by Crippen LogP contribution is -2.07. The first-order chi connectivity index (χ1) is 8.09. The Bertz CT molecular complexity index is 501. The van der Waals surface area contributed by atoms with Gasteiger partial charge in [-0.1, -0.05) is 11.8 Å². The topological polar surface area (TPSA) is 87.4 Å². The molecule has 0 aromatic carbocycles. The normalized spacial score (nSPS) is 11.3. The fourth-order valence-corrected chi connectivity index (χ4v) is 2.50. The maximum atomic E-state index is 5.76. The van der Waals surface area contributed by atoms with Crippen molar-refractivity contribution in [3.8, 4) is 0 Å². The number of thioether (sulfide) groups is 1. The third kappa shape index (κ3) is 2.41. The van der Waals surface area contributed by atoms with Crippen LogP contribution in [0.25, 0.3) is 0 Å². The van der Waals surface area contributed by atoms with Gasteiger partial charge in [-0.3, -0.25) is 4.57 Å². The van der Waals surface area contributed by atoms with Crippen LogP contribution in [0, 0.1) is 0 Å². The molecule has 0 saturated heterocycles. The lowest BCUT2D eigenvalue weighted by molar-refractivity contribution is 0.557. The Kier molecular flexibility index (Phi) is 3.32. The highest BCUT2D eigenvalue weighted by molar-refractivity contribution is 7.98. The fourth-order valence-electron chi connectivity index (χ4n) is 1.44. The molecule has 0 spiro atoms. The summed E-state index contributed by atoms with van der Waals surface area (Å²) in [6, 6.07) is 0.243. The molecule has 0 atom stereocenters. The Morgan fingerprint density at radius 2 is 2.12 bits per heavy atom. The van der Waals surface area contributed by atoms with Crippen molar-refractivity contribution in [2.75, 3.05) is 5.73 Å². The molecule has 0 aliphatic rings. The van der Waals surface area contributed by atoms with Gasteiger partial charge in [0, 0.05) is 13.1 Å². The van der Waals surface area contributed by atoms with Gasteiger partial charge in [0.15, 0.2) is 5.16 Å². The molecular formula is C9H15N7S. The summed E-state index contributed by atoms with van der Waals surface area (Å²) in [6.45, 7) is 4.10. The van der Waals surface area contributed by atoms with Gasteiger partial charge >= 0.3 is 0 Å². The lowest BCUT2D eigenvalue weighted by atomic mass is 10.4. The summed E-state index contributed by atoms with van der Waals surface area (Å²) < 4.78 is 3.79. The number of anilines is 1. The van der Waals surface area contributed by atoms with Crippen LogP contribution in [0.3, 0.4) is 0 Å². The zero-order chi connectivity index (χ0) is 12.4. The van der Waals surface area contributed by atoms with E-state index in [4.69, 9.17) is 5.73 Å². The van der Waals surface area contributed by atoms with Gasteiger partial charge in [0.25, 0.3) is 0 Å². The summed E-state index contributed by atoms with van der Waals surface area (Å²) in [5.74, 6) is 2.04. The lowest BCUT2D eigenvalue weighted by Gasteiger charge is -2.10. The van der Waals surface area contributed by atoms with Crippen LogP contribution in [0.15, 0.2) is 11.5 Å². The van der Waals surface area contributed by atoms with E-state index in [0.717, 1.165) is 11.0 Å². The zero-order valence-corrected chi connectivity index (χ0v) is 10.8. The predicted octanol–water partition coefficient (Wildman–Crippen LogP) is 0.862. The number of aromatic nitrogens is 6. The molecule has 8 heteroatoms. The number of nitrogen functional groups attached to an aromatic ring is 1. The van der Waals surface area contributed by atoms with Crippen LogP contribution < -0.4 is 5.73 Å². The van der Waals surface area contributed by atoms with Crippen molar-refractivity contribution in [3.05, 3.63) is 12.2 Å². The van der Waals surface area contributed by atoms with Crippen molar-refractivity contribution in [2.45, 2.75) is 30.8 Å². The SMILES string of the molecule is CC(C)n1c(N)nnc1SCc1nncn1C. The summed E-state index contributed by atoms with van der Waals surface area (Å²) in [7, 11) is 1.91. The van der Waals surface area contributed by atoms with Crippen LogP contribution in [-0.4, -0.2) is 29.5 Å². The molecule has 0 saturated carbocycles. The van der Waals surface area contributed by atoms with E-state index in [2.05, 4.69) is 20.4 Å². The molecule has 0 unspecified atom stereocenters. The number of rotatable bonds is 4. The molecule has 17 heavy (non-hydrogen) atoms. The van der Waals surface area contributed by atoms with Gasteiger partial charge in [0.2, 0.25) is 5.95 Å². The van der Waals surface area contributed by atoms with Crippen LogP contribution in [0.4, 0.5) is 5.95 Å². The highest BCUT2D eigenvalue weighted by atomic mass is 32.2. The molecule has 0 aliphatic heterocycles. The Hall–Kier alpha value is -1.57. The van der Waals surface area contributed by atoms with Crippen molar-refractivity contribution in [3.63, 3.8) is 0 Å². The Labute approximate surface area is 103 Å². The number of aryl methyl sites for hydroxylation is 1. The Balaban J connectivity index is 2.12. The van der Waals surface area contributed by atoms with Crippen molar-refractivity contribution >= 4 is 17.7 Å². The molecule has 0 amide bonds. The minimum absolute atomic E-state index is 0.243. The van der Waals surface area contributed by atoms with E-state index in [1.54, 1.807) is 18.1 Å². The number of hydrogen-bond acceptors (Lipinski definition) is 6. The Morgan fingerprint density at radius 3 is 2.71 bits per heavy atom. The molecule has 2 aromatic heterocycles. The highest BCUT2D eigenvalue weighted by Gasteiger charge is 2.13. The second-order valence-corrected chi connectivity index (χ2v) is 4.89. The molecule has 2 aromatic rings. The molecule has 2 rings (SSSR count). The number of nitrogens with zero attached hydrogens (tertiary/aromatic N) is 6. The highest BCUT2D eigenvalue weighted by Crippen LogP contribution is 2.24. The van der Waals surface area contributed by atoms with Gasteiger partial charge in [-0.05, 0) is 13.8 Å². The summed E-state index contributed by atoms with van der Waals surface area (Å²) in [4.78, 5) is 0. The van der Waals surface area contributed by atoms with Gasteiger partial charge in [-0.15, -0.1) is 20.4 Å². The third-order valence-corrected chi connectivity index (χ3v) is 3.28. The van der Waals surface area contributed by atoms with Crippen LogP contribution >= 0.6 is 11.8 Å². The summed E-state index contributed by atoms with van der Waals surface area (Å²) in [6.07, 6.45) is 1.68. The van der Waals surface area contributed by atoms with Crippen LogP contribution in [0.1, 0.15) is 25.7 Å². The van der Waals surface area contributed by atoms with E-state index in [1.165, 1.54) is 0 Å². The summed E-state index contributed by atoms with van der Waals surface area (Å²) in [5.41, 5.74) is 5.76. The average molecular weight is 253 g/mol. The van der Waals surface area contributed by atoms with Gasteiger partial charge in [-0.2, -0.15) is 0 Å². The van der Waals surface area contributed by atoms with Crippen molar-refractivity contribution in [2.24, 2.45) is 7.05 Å². The van der Waals surface area contributed by atoms with E-state index < -0.39 is 0 Å². The zero-order valence-electron chi connectivity index (χ0n) is 10.0. The van der Waals surface area contributed by atoms with Gasteiger partial charge in [-0.25, -0.2) is 0 Å². The van der Waals surface area contributed by atoms with Gasteiger partial charge in [0.1, 0.15) is 12.2 Å². The molecule has 2 N–H and O–H groups in total. The second-order valence-electron chi connectivity index (χ2n) is 3.95. The van der Waals surface area contributed by atoms with Crippen LogP contribution in [-0.2, 0) is 12.8 Å². The smallest absolute Gasteiger partial charge is 0.222 e. The molecule has 2 heterocycles. The molecule has 0 bridgehead atoms. The number of hydrogen-bond donors (Lipinski definition) is 1. The van der Waals surface area contributed by atoms with Gasteiger partial charge < -0.3 is 10.3 Å². The summed E-state index contributed by atoms with van der Waals surface area (Å²) >= 11 is 1.55. The minimum atomic E-state index is 0.243. The fraction of sp³-hybridized carbons (Fsp3) is 0.556. The largest absolute Gasteiger partial charge is 0.368 e. The maximum absolute atomic E-state index is 5.76. The first-order valence-corrected chi connectivity index (χ1v) is 6.24. The van der Waals surface area contributed by atoms with Crippen molar-refractivity contribution in [1.29, 1.82) is 0 Å². The maximum Gasteiger partial charge on any atom is 0.222 e. The second kappa shape index (κ2) is 4.74. The van der Waals surface area contributed by atoms with Crippen LogP contribution in [0.5, 0.6) is 0 Å². The Morgan fingerprint density at radius 1 is 1.35 bits per heavy atom. The third-order valence-electron chi connectivity index (χ3n) is 2.34. The standard InChI is InChI=1S/C9H15N7S/c1-6(2)16-8(10)13-14-9(16)17-4-7-12-11-5-15(7)3/h5-6H,4H2,1-3H3,(H2,10,13). The average Bonchev–Trinajstić information content (AvgIpc) is 2.82. The van der Waals surface area contributed by atoms with Gasteiger partial charge in [0.05, 0.1) is 5.75 Å². The molecule has 0 fully saturated rings. The monoisotopic (exact) mass is 253 g/mol. The molecular weight excluding hydrogens is 238 g/mol. The van der Waals surface area contributed by atoms with Crippen LogP contribution in [0.2, 0.25) is 0 Å². The first kappa shape index (κ1) is 11.9. The molecule has 0 radical (unpaired) electrons. The van der Waals surface area contributed by atoms with Crippen molar-refractivity contribution < 1.29 is 0 Å². The summed E-state index contributed by atoms with van der Waals surface area (Å²) in [5, 5.41) is 16.6. The van der Waals surface area contributed by atoms with Crippen molar-refractivity contribution in [1.82, 2.24) is 29.5 Å². The molecule has 92 valence electrons. The molecule has 0 aliphatic carbocycles. The van der Waals surface area contributed by atoms with E-state index in [-0.39, 0.29) is 6.04 Å². The number of nitrogens with two attached hydrogens (primary N) is 1. The minimum Gasteiger partial charge on any atom is -0.368 e. The first-order valence-electron chi connectivity index (χ1n) is 5.25.